The van der Waals surface area contributed by atoms with Gasteiger partial charge in [-0.1, -0.05) is 13.8 Å². The molecular formula is C12H25NO2. The van der Waals surface area contributed by atoms with Crippen LogP contribution in [0, 0.1) is 5.92 Å². The molecule has 1 heterocycles. The van der Waals surface area contributed by atoms with Crippen LogP contribution in [0.5, 0.6) is 0 Å². The molecule has 0 aromatic carbocycles. The number of ether oxygens (including phenoxy) is 2. The maximum absolute atomic E-state index is 6.00. The van der Waals surface area contributed by atoms with Gasteiger partial charge in [-0.2, -0.15) is 0 Å². The Kier molecular flexibility index (Phi) is 4.56. The van der Waals surface area contributed by atoms with Crippen LogP contribution in [0.1, 0.15) is 33.6 Å². The van der Waals surface area contributed by atoms with Crippen molar-refractivity contribution < 1.29 is 9.47 Å². The lowest BCUT2D eigenvalue weighted by Crippen LogP contribution is -2.34. The molecule has 0 saturated carbocycles. The summed E-state index contributed by atoms with van der Waals surface area (Å²) in [6.07, 6.45) is 2.42. The lowest BCUT2D eigenvalue weighted by atomic mass is 10.00. The van der Waals surface area contributed by atoms with Crippen LogP contribution in [-0.2, 0) is 9.47 Å². The van der Waals surface area contributed by atoms with Crippen molar-refractivity contribution >= 4 is 0 Å². The van der Waals surface area contributed by atoms with Crippen molar-refractivity contribution in [3.8, 4) is 0 Å². The summed E-state index contributed by atoms with van der Waals surface area (Å²) in [5.41, 5.74) is 0. The molecule has 3 atom stereocenters. The lowest BCUT2D eigenvalue weighted by molar-refractivity contribution is -0.188. The minimum Gasteiger partial charge on any atom is -0.347 e. The van der Waals surface area contributed by atoms with Crippen molar-refractivity contribution in [2.45, 2.75) is 45.5 Å². The average Bonchev–Trinajstić information content (AvgIpc) is 2.57. The Labute approximate surface area is 93.7 Å². The van der Waals surface area contributed by atoms with E-state index in [1.807, 2.05) is 0 Å². The lowest BCUT2D eigenvalue weighted by Gasteiger charge is -2.29. The van der Waals surface area contributed by atoms with Crippen LogP contribution in [0.2, 0.25) is 0 Å². The Hall–Kier alpha value is -0.120. The second-order valence-electron chi connectivity index (χ2n) is 4.97. The molecule has 1 fully saturated rings. The van der Waals surface area contributed by atoms with E-state index in [-0.39, 0.29) is 11.9 Å². The van der Waals surface area contributed by atoms with E-state index in [0.717, 1.165) is 26.0 Å². The van der Waals surface area contributed by atoms with Crippen molar-refractivity contribution in [3.63, 3.8) is 0 Å². The molecule has 1 saturated heterocycles. The monoisotopic (exact) mass is 215 g/mol. The molecule has 0 aliphatic carbocycles. The zero-order valence-electron chi connectivity index (χ0n) is 10.7. The van der Waals surface area contributed by atoms with Crippen LogP contribution in [0.4, 0.5) is 0 Å². The van der Waals surface area contributed by atoms with Gasteiger partial charge >= 0.3 is 0 Å². The molecule has 1 rings (SSSR count). The Bertz CT molecular complexity index is 196. The Balaban J connectivity index is 2.37. The van der Waals surface area contributed by atoms with E-state index in [9.17, 15) is 0 Å². The molecule has 15 heavy (non-hydrogen) atoms. The standard InChI is InChI=1S/C12H25NO2/c1-6-10(2)12(3)14-9-11(15-12)7-8-13(4)5/h10-11H,6-9H2,1-5H3. The van der Waals surface area contributed by atoms with E-state index in [0.29, 0.717) is 5.92 Å². The summed E-state index contributed by atoms with van der Waals surface area (Å²) in [7, 11) is 4.17. The fourth-order valence-corrected chi connectivity index (χ4v) is 1.83. The van der Waals surface area contributed by atoms with Crippen molar-refractivity contribution in [1.29, 1.82) is 0 Å². The predicted molar refractivity (Wildman–Crippen MR) is 61.9 cm³/mol. The summed E-state index contributed by atoms with van der Waals surface area (Å²) in [6, 6.07) is 0. The predicted octanol–water partition coefficient (Wildman–Crippen LogP) is 2.12. The SMILES string of the molecule is CCC(C)C1(C)OCC(CCN(C)C)O1. The molecule has 0 amide bonds. The molecule has 1 aliphatic rings. The summed E-state index contributed by atoms with van der Waals surface area (Å²) in [4.78, 5) is 2.18. The van der Waals surface area contributed by atoms with Crippen LogP contribution in [0.25, 0.3) is 0 Å². The van der Waals surface area contributed by atoms with Gasteiger partial charge in [0.25, 0.3) is 0 Å². The number of hydrogen-bond donors (Lipinski definition) is 0. The molecule has 3 unspecified atom stereocenters. The highest BCUT2D eigenvalue weighted by molar-refractivity contribution is 4.79. The first kappa shape index (κ1) is 12.9. The third-order valence-electron chi connectivity index (χ3n) is 3.36. The number of rotatable bonds is 5. The van der Waals surface area contributed by atoms with Gasteiger partial charge in [0.05, 0.1) is 12.7 Å². The van der Waals surface area contributed by atoms with E-state index in [1.54, 1.807) is 0 Å². The maximum atomic E-state index is 6.00. The number of nitrogens with zero attached hydrogens (tertiary/aromatic N) is 1. The first-order valence-corrected chi connectivity index (χ1v) is 5.94. The first-order valence-electron chi connectivity index (χ1n) is 5.94. The van der Waals surface area contributed by atoms with Gasteiger partial charge in [-0.15, -0.1) is 0 Å². The van der Waals surface area contributed by atoms with Crippen LogP contribution in [-0.4, -0.2) is 44.0 Å². The molecule has 1 aliphatic heterocycles. The van der Waals surface area contributed by atoms with Gasteiger partial charge in [0.1, 0.15) is 0 Å². The van der Waals surface area contributed by atoms with Gasteiger partial charge in [-0.3, -0.25) is 0 Å². The van der Waals surface area contributed by atoms with Gasteiger partial charge in [0, 0.05) is 12.5 Å². The normalized spacial score (nSPS) is 33.6. The molecule has 0 spiro atoms. The Morgan fingerprint density at radius 3 is 2.67 bits per heavy atom. The van der Waals surface area contributed by atoms with E-state index in [4.69, 9.17) is 9.47 Å². The third kappa shape index (κ3) is 3.44. The summed E-state index contributed by atoms with van der Waals surface area (Å²) in [6.45, 7) is 8.24. The third-order valence-corrected chi connectivity index (χ3v) is 3.36. The molecular weight excluding hydrogens is 190 g/mol. The van der Waals surface area contributed by atoms with Gasteiger partial charge < -0.3 is 14.4 Å². The molecule has 90 valence electrons. The second-order valence-corrected chi connectivity index (χ2v) is 4.97. The smallest absolute Gasteiger partial charge is 0.168 e. The molecule has 0 aromatic rings. The van der Waals surface area contributed by atoms with Crippen molar-refractivity contribution in [3.05, 3.63) is 0 Å². The van der Waals surface area contributed by atoms with Crippen LogP contribution in [0.15, 0.2) is 0 Å². The summed E-state index contributed by atoms with van der Waals surface area (Å²) < 4.78 is 11.8. The van der Waals surface area contributed by atoms with Gasteiger partial charge in [-0.05, 0) is 33.9 Å². The second kappa shape index (κ2) is 5.28. The zero-order valence-corrected chi connectivity index (χ0v) is 10.7. The zero-order chi connectivity index (χ0) is 11.5. The van der Waals surface area contributed by atoms with E-state index in [1.165, 1.54) is 0 Å². The topological polar surface area (TPSA) is 21.7 Å². The van der Waals surface area contributed by atoms with Gasteiger partial charge in [-0.25, -0.2) is 0 Å². The summed E-state index contributed by atoms with van der Waals surface area (Å²) in [5, 5.41) is 0. The van der Waals surface area contributed by atoms with E-state index >= 15 is 0 Å². The Morgan fingerprint density at radius 2 is 2.13 bits per heavy atom. The number of hydrogen-bond acceptors (Lipinski definition) is 3. The maximum Gasteiger partial charge on any atom is 0.168 e. The molecule has 0 radical (unpaired) electrons. The van der Waals surface area contributed by atoms with Crippen LogP contribution in [0.3, 0.4) is 0 Å². The van der Waals surface area contributed by atoms with E-state index in [2.05, 4.69) is 39.8 Å². The first-order chi connectivity index (χ1) is 6.98. The average molecular weight is 215 g/mol. The van der Waals surface area contributed by atoms with Crippen molar-refractivity contribution in [2.24, 2.45) is 5.92 Å². The molecule has 3 nitrogen and oxygen atoms in total. The van der Waals surface area contributed by atoms with Crippen LogP contribution < -0.4 is 0 Å². The highest BCUT2D eigenvalue weighted by Crippen LogP contribution is 2.33. The van der Waals surface area contributed by atoms with Crippen LogP contribution >= 0.6 is 0 Å². The molecule has 0 aromatic heterocycles. The Morgan fingerprint density at radius 1 is 1.47 bits per heavy atom. The fourth-order valence-electron chi connectivity index (χ4n) is 1.83. The minimum absolute atomic E-state index is 0.270. The fraction of sp³-hybridized carbons (Fsp3) is 1.00. The van der Waals surface area contributed by atoms with E-state index < -0.39 is 0 Å². The largest absolute Gasteiger partial charge is 0.347 e. The molecule has 0 bridgehead atoms. The summed E-state index contributed by atoms with van der Waals surface area (Å²) >= 11 is 0. The van der Waals surface area contributed by atoms with Gasteiger partial charge in [0.15, 0.2) is 5.79 Å². The highest BCUT2D eigenvalue weighted by atomic mass is 16.7. The quantitative estimate of drug-likeness (QED) is 0.701. The van der Waals surface area contributed by atoms with Crippen molar-refractivity contribution in [2.75, 3.05) is 27.2 Å². The van der Waals surface area contributed by atoms with Gasteiger partial charge in [0.2, 0.25) is 0 Å². The minimum atomic E-state index is -0.355. The molecule has 3 heteroatoms. The molecule has 0 N–H and O–H groups in total. The summed E-state index contributed by atoms with van der Waals surface area (Å²) in [5.74, 6) is 0.105. The highest BCUT2D eigenvalue weighted by Gasteiger charge is 2.40. The van der Waals surface area contributed by atoms with Crippen molar-refractivity contribution in [1.82, 2.24) is 4.90 Å².